The van der Waals surface area contributed by atoms with Crippen LogP contribution in [0.25, 0.3) is 10.8 Å². The predicted molar refractivity (Wildman–Crippen MR) is 106 cm³/mol. The Balaban J connectivity index is 1.50. The summed E-state index contributed by atoms with van der Waals surface area (Å²) in [5.41, 5.74) is 8.06. The second-order valence-electron chi connectivity index (χ2n) is 6.31. The van der Waals surface area contributed by atoms with Crippen molar-refractivity contribution in [1.29, 1.82) is 0 Å². The first-order valence-corrected chi connectivity index (χ1v) is 9.12. The van der Waals surface area contributed by atoms with Crippen molar-refractivity contribution in [1.82, 2.24) is 10.9 Å². The highest BCUT2D eigenvalue weighted by Crippen LogP contribution is 2.30. The fourth-order valence-corrected chi connectivity index (χ4v) is 3.75. The maximum Gasteiger partial charge on any atom is 0.242 e. The first-order valence-electron chi connectivity index (χ1n) is 8.36. The van der Waals surface area contributed by atoms with Crippen LogP contribution in [0.2, 0.25) is 10.0 Å². The Morgan fingerprint density at radius 1 is 1.00 bits per heavy atom. The van der Waals surface area contributed by atoms with Crippen LogP contribution in [0.4, 0.5) is 5.69 Å². The van der Waals surface area contributed by atoms with Gasteiger partial charge in [-0.15, -0.1) is 0 Å². The highest BCUT2D eigenvalue weighted by atomic mass is 35.5. The summed E-state index contributed by atoms with van der Waals surface area (Å²) in [6.07, 6.45) is 0.644. The number of hydrogen-bond donors (Lipinski definition) is 3. The van der Waals surface area contributed by atoms with Crippen LogP contribution < -0.4 is 16.2 Å². The van der Waals surface area contributed by atoms with E-state index in [2.05, 4.69) is 40.4 Å². The van der Waals surface area contributed by atoms with Gasteiger partial charge in [-0.3, -0.25) is 4.79 Å². The summed E-state index contributed by atoms with van der Waals surface area (Å²) in [5, 5.41) is 6.19. The molecule has 0 aliphatic carbocycles. The second kappa shape index (κ2) is 7.25. The number of hydrogen-bond acceptors (Lipinski definition) is 3. The van der Waals surface area contributed by atoms with Gasteiger partial charge in [-0.25, -0.2) is 10.9 Å². The van der Waals surface area contributed by atoms with Crippen molar-refractivity contribution in [2.24, 2.45) is 0 Å². The van der Waals surface area contributed by atoms with Gasteiger partial charge in [0.25, 0.3) is 0 Å². The van der Waals surface area contributed by atoms with Crippen molar-refractivity contribution in [3.05, 3.63) is 76.3 Å². The van der Waals surface area contributed by atoms with Gasteiger partial charge in [-0.1, -0.05) is 65.7 Å². The molecular weight excluding hydrogens is 369 g/mol. The third kappa shape index (κ3) is 3.41. The lowest BCUT2D eigenvalue weighted by molar-refractivity contribution is -0.117. The number of carbonyl (C=O) groups is 1. The maximum absolute atomic E-state index is 12.6. The van der Waals surface area contributed by atoms with Gasteiger partial charge in [0.15, 0.2) is 0 Å². The number of carbonyl (C=O) groups excluding carboxylic acids is 1. The fraction of sp³-hybridized carbons (Fsp3) is 0.150. The highest BCUT2D eigenvalue weighted by Gasteiger charge is 2.31. The summed E-state index contributed by atoms with van der Waals surface area (Å²) in [6, 6.07) is 19.2. The van der Waals surface area contributed by atoms with E-state index in [0.717, 1.165) is 0 Å². The van der Waals surface area contributed by atoms with E-state index in [0.29, 0.717) is 22.2 Å². The molecule has 0 aromatic heterocycles. The molecule has 1 fully saturated rings. The Kier molecular flexibility index (Phi) is 4.83. The number of hydrazine groups is 1. The molecule has 1 aliphatic rings. The molecule has 0 spiro atoms. The van der Waals surface area contributed by atoms with Crippen molar-refractivity contribution < 1.29 is 4.79 Å². The zero-order valence-electron chi connectivity index (χ0n) is 13.8. The quantitative estimate of drug-likeness (QED) is 0.612. The molecule has 6 heteroatoms. The lowest BCUT2D eigenvalue weighted by Gasteiger charge is -2.13. The maximum atomic E-state index is 12.6. The van der Waals surface area contributed by atoms with Gasteiger partial charge >= 0.3 is 0 Å². The normalized spacial score (nSPS) is 19.6. The van der Waals surface area contributed by atoms with E-state index in [1.165, 1.54) is 16.3 Å². The van der Waals surface area contributed by atoms with E-state index in [1.807, 2.05) is 18.2 Å². The van der Waals surface area contributed by atoms with Gasteiger partial charge in [-0.05, 0) is 41.0 Å². The van der Waals surface area contributed by atoms with Crippen LogP contribution in [-0.2, 0) is 4.79 Å². The minimum atomic E-state index is -0.356. The van der Waals surface area contributed by atoms with E-state index in [1.54, 1.807) is 18.2 Å². The van der Waals surface area contributed by atoms with Crippen LogP contribution >= 0.6 is 23.2 Å². The monoisotopic (exact) mass is 385 g/mol. The number of amides is 1. The Labute approximate surface area is 161 Å². The number of fused-ring (bicyclic) bond motifs is 1. The number of halogens is 2. The highest BCUT2D eigenvalue weighted by molar-refractivity contribution is 6.36. The molecule has 3 aromatic carbocycles. The SMILES string of the molecule is O=C(Nc1ccc(Cl)cc1Cl)C1CC(c2cccc3ccccc23)NN1. The van der Waals surface area contributed by atoms with Crippen molar-refractivity contribution in [3.63, 3.8) is 0 Å². The van der Waals surface area contributed by atoms with Crippen LogP contribution in [0.5, 0.6) is 0 Å². The third-order valence-corrected chi connectivity index (χ3v) is 5.16. The van der Waals surface area contributed by atoms with Crippen molar-refractivity contribution in [3.8, 4) is 0 Å². The molecule has 3 aromatic rings. The largest absolute Gasteiger partial charge is 0.323 e. The molecule has 132 valence electrons. The molecule has 0 saturated carbocycles. The van der Waals surface area contributed by atoms with Gasteiger partial charge in [0.1, 0.15) is 6.04 Å². The molecule has 1 heterocycles. The van der Waals surface area contributed by atoms with E-state index in [9.17, 15) is 4.79 Å². The number of benzene rings is 3. The van der Waals surface area contributed by atoms with Crippen LogP contribution in [0, 0.1) is 0 Å². The molecular formula is C20H17Cl2N3O. The second-order valence-corrected chi connectivity index (χ2v) is 7.15. The molecule has 2 atom stereocenters. The summed E-state index contributed by atoms with van der Waals surface area (Å²) in [5.74, 6) is -0.135. The summed E-state index contributed by atoms with van der Waals surface area (Å²) in [7, 11) is 0. The van der Waals surface area contributed by atoms with Crippen LogP contribution in [0.3, 0.4) is 0 Å². The topological polar surface area (TPSA) is 53.2 Å². The molecule has 4 nitrogen and oxygen atoms in total. The lowest BCUT2D eigenvalue weighted by atomic mass is 9.96. The number of nitrogens with one attached hydrogen (secondary N) is 3. The molecule has 3 N–H and O–H groups in total. The molecule has 0 radical (unpaired) electrons. The molecule has 4 rings (SSSR count). The molecule has 1 amide bonds. The molecule has 2 unspecified atom stereocenters. The van der Waals surface area contributed by atoms with Crippen molar-refractivity contribution in [2.45, 2.75) is 18.5 Å². The minimum absolute atomic E-state index is 0.0533. The summed E-state index contributed by atoms with van der Waals surface area (Å²) < 4.78 is 0. The van der Waals surface area contributed by atoms with E-state index in [-0.39, 0.29) is 18.0 Å². The standard InChI is InChI=1S/C20H17Cl2N3O/c21-13-8-9-17(16(22)10-13)23-20(26)19-11-18(24-25-19)15-7-3-5-12-4-1-2-6-14(12)15/h1-10,18-19,24-25H,11H2,(H,23,26). The fourth-order valence-electron chi connectivity index (χ4n) is 3.30. The molecule has 26 heavy (non-hydrogen) atoms. The summed E-state index contributed by atoms with van der Waals surface area (Å²) >= 11 is 12.0. The Hall–Kier alpha value is -2.11. The average Bonchev–Trinajstić information content (AvgIpc) is 3.13. The summed E-state index contributed by atoms with van der Waals surface area (Å²) in [4.78, 5) is 12.6. The van der Waals surface area contributed by atoms with E-state index >= 15 is 0 Å². The number of anilines is 1. The summed E-state index contributed by atoms with van der Waals surface area (Å²) in [6.45, 7) is 0. The lowest BCUT2D eigenvalue weighted by Crippen LogP contribution is -2.39. The minimum Gasteiger partial charge on any atom is -0.323 e. The first kappa shape index (κ1) is 17.3. The zero-order valence-corrected chi connectivity index (χ0v) is 15.3. The van der Waals surface area contributed by atoms with Gasteiger partial charge in [-0.2, -0.15) is 0 Å². The van der Waals surface area contributed by atoms with Gasteiger partial charge in [0.2, 0.25) is 5.91 Å². The van der Waals surface area contributed by atoms with Gasteiger partial charge < -0.3 is 5.32 Å². The number of rotatable bonds is 3. The third-order valence-electron chi connectivity index (χ3n) is 4.61. The Morgan fingerprint density at radius 2 is 1.81 bits per heavy atom. The molecule has 1 aliphatic heterocycles. The Morgan fingerprint density at radius 3 is 2.65 bits per heavy atom. The predicted octanol–water partition coefficient (Wildman–Crippen LogP) is 4.69. The first-order chi connectivity index (χ1) is 12.6. The molecule has 1 saturated heterocycles. The smallest absolute Gasteiger partial charge is 0.242 e. The zero-order chi connectivity index (χ0) is 18.1. The van der Waals surface area contributed by atoms with Crippen molar-refractivity contribution in [2.75, 3.05) is 5.32 Å². The van der Waals surface area contributed by atoms with E-state index < -0.39 is 0 Å². The Bertz CT molecular complexity index is 971. The van der Waals surface area contributed by atoms with Crippen LogP contribution in [-0.4, -0.2) is 11.9 Å². The van der Waals surface area contributed by atoms with Crippen LogP contribution in [0.15, 0.2) is 60.7 Å². The van der Waals surface area contributed by atoms with Crippen LogP contribution in [0.1, 0.15) is 18.0 Å². The molecule has 0 bridgehead atoms. The average molecular weight is 386 g/mol. The van der Waals surface area contributed by atoms with E-state index in [4.69, 9.17) is 23.2 Å². The van der Waals surface area contributed by atoms with Gasteiger partial charge in [0.05, 0.1) is 10.7 Å². The van der Waals surface area contributed by atoms with Gasteiger partial charge in [0, 0.05) is 11.1 Å². The van der Waals surface area contributed by atoms with Crippen molar-refractivity contribution >= 4 is 45.6 Å².